The van der Waals surface area contributed by atoms with Gasteiger partial charge in [-0.25, -0.2) is 0 Å². The third-order valence-corrected chi connectivity index (χ3v) is 6.99. The lowest BCUT2D eigenvalue weighted by atomic mass is 9.86. The van der Waals surface area contributed by atoms with Crippen molar-refractivity contribution in [2.24, 2.45) is 5.92 Å². The molecule has 1 amide bonds. The first-order chi connectivity index (χ1) is 16.6. The minimum atomic E-state index is -0.0307. The summed E-state index contributed by atoms with van der Waals surface area (Å²) in [5, 5.41) is 7.48. The Labute approximate surface area is 200 Å². The molecule has 0 saturated carbocycles. The van der Waals surface area contributed by atoms with Crippen LogP contribution in [0.1, 0.15) is 54.3 Å². The number of fused-ring (bicyclic) bond motifs is 1. The number of hydrogen-bond donors (Lipinski definition) is 1. The first-order valence-corrected chi connectivity index (χ1v) is 12.2. The van der Waals surface area contributed by atoms with Gasteiger partial charge in [0.05, 0.1) is 25.6 Å². The quantitative estimate of drug-likeness (QED) is 0.585. The molecule has 2 heterocycles. The molecule has 0 bridgehead atoms. The Kier molecular flexibility index (Phi) is 6.63. The third-order valence-electron chi connectivity index (χ3n) is 6.99. The molecule has 2 unspecified atom stereocenters. The molecule has 2 aliphatic rings. The van der Waals surface area contributed by atoms with Gasteiger partial charge in [0.2, 0.25) is 17.6 Å². The molecule has 3 aromatic rings. The van der Waals surface area contributed by atoms with Crippen molar-refractivity contribution < 1.29 is 14.1 Å². The fourth-order valence-corrected chi connectivity index (χ4v) is 5.10. The van der Waals surface area contributed by atoms with Crippen molar-refractivity contribution in [1.82, 2.24) is 20.4 Å². The van der Waals surface area contributed by atoms with E-state index in [-0.39, 0.29) is 17.9 Å². The van der Waals surface area contributed by atoms with E-state index in [1.807, 2.05) is 30.3 Å². The van der Waals surface area contributed by atoms with Crippen molar-refractivity contribution in [2.45, 2.75) is 51.6 Å². The van der Waals surface area contributed by atoms with Gasteiger partial charge in [-0.05, 0) is 68.8 Å². The molecule has 178 valence electrons. The third kappa shape index (κ3) is 4.99. The topological polar surface area (TPSA) is 80.5 Å². The van der Waals surface area contributed by atoms with Crippen LogP contribution in [-0.2, 0) is 17.8 Å². The molecule has 1 aliphatic heterocycles. The highest BCUT2D eigenvalue weighted by atomic mass is 16.5. The second kappa shape index (κ2) is 9.97. The molecular weight excluding hydrogens is 428 g/mol. The lowest BCUT2D eigenvalue weighted by Crippen LogP contribution is -2.44. The normalized spacial score (nSPS) is 20.5. The number of methoxy groups -OCH3 is 1. The number of aromatic nitrogens is 2. The van der Waals surface area contributed by atoms with E-state index in [0.29, 0.717) is 24.8 Å². The zero-order valence-corrected chi connectivity index (χ0v) is 19.9. The predicted molar refractivity (Wildman–Crippen MR) is 129 cm³/mol. The molecule has 5 rings (SSSR count). The van der Waals surface area contributed by atoms with Crippen LogP contribution in [0.25, 0.3) is 11.4 Å². The maximum atomic E-state index is 13.2. The molecule has 2 atom stereocenters. The van der Waals surface area contributed by atoms with Gasteiger partial charge in [-0.3, -0.25) is 9.69 Å². The highest BCUT2D eigenvalue weighted by Crippen LogP contribution is 2.33. The zero-order valence-electron chi connectivity index (χ0n) is 19.9. The van der Waals surface area contributed by atoms with Crippen molar-refractivity contribution in [3.05, 3.63) is 65.0 Å². The van der Waals surface area contributed by atoms with E-state index in [2.05, 4.69) is 39.4 Å². The Hall–Kier alpha value is -3.19. The Morgan fingerprint density at radius 3 is 2.85 bits per heavy atom. The summed E-state index contributed by atoms with van der Waals surface area (Å²) in [5.74, 6) is 2.18. The lowest BCUT2D eigenvalue weighted by Gasteiger charge is -2.33. The number of nitrogens with zero attached hydrogens (tertiary/aromatic N) is 3. The predicted octanol–water partition coefficient (Wildman–Crippen LogP) is 4.46. The number of benzene rings is 2. The van der Waals surface area contributed by atoms with Gasteiger partial charge in [0.15, 0.2) is 0 Å². The summed E-state index contributed by atoms with van der Waals surface area (Å²) < 4.78 is 10.9. The number of piperidine rings is 1. The number of amides is 1. The van der Waals surface area contributed by atoms with Gasteiger partial charge in [-0.15, -0.1) is 0 Å². The van der Waals surface area contributed by atoms with Crippen LogP contribution < -0.4 is 10.1 Å². The summed E-state index contributed by atoms with van der Waals surface area (Å²) in [7, 11) is 1.69. The minimum absolute atomic E-state index is 0.0307. The summed E-state index contributed by atoms with van der Waals surface area (Å²) in [6, 6.07) is 14.4. The molecule has 1 fully saturated rings. The molecule has 0 spiro atoms. The number of rotatable bonds is 6. The van der Waals surface area contributed by atoms with Crippen LogP contribution in [0, 0.1) is 12.8 Å². The van der Waals surface area contributed by atoms with Crippen LogP contribution in [0.4, 0.5) is 0 Å². The van der Waals surface area contributed by atoms with Gasteiger partial charge in [-0.2, -0.15) is 4.98 Å². The molecular formula is C27H32N4O3. The Balaban J connectivity index is 1.20. The summed E-state index contributed by atoms with van der Waals surface area (Å²) in [6.45, 7) is 4.25. The first kappa shape index (κ1) is 22.6. The average molecular weight is 461 g/mol. The molecule has 1 aliphatic carbocycles. The van der Waals surface area contributed by atoms with E-state index < -0.39 is 0 Å². The van der Waals surface area contributed by atoms with Gasteiger partial charge in [0, 0.05) is 12.1 Å². The highest BCUT2D eigenvalue weighted by molar-refractivity contribution is 5.79. The van der Waals surface area contributed by atoms with Crippen LogP contribution in [0.3, 0.4) is 0 Å². The van der Waals surface area contributed by atoms with Gasteiger partial charge in [-0.1, -0.05) is 41.1 Å². The Morgan fingerprint density at radius 1 is 1.18 bits per heavy atom. The van der Waals surface area contributed by atoms with Crippen molar-refractivity contribution >= 4 is 5.91 Å². The molecule has 2 aromatic carbocycles. The summed E-state index contributed by atoms with van der Waals surface area (Å²) in [4.78, 5) is 20.0. The Bertz CT molecular complexity index is 1140. The van der Waals surface area contributed by atoms with Crippen LogP contribution >= 0.6 is 0 Å². The largest absolute Gasteiger partial charge is 0.497 e. The highest BCUT2D eigenvalue weighted by Gasteiger charge is 2.30. The number of hydrogen-bond acceptors (Lipinski definition) is 6. The number of ether oxygens (including phenoxy) is 1. The standard InChI is InChI=1S/C27H32N4O3/c1-18-8-10-19(11-9-18)26-29-25(34-30-26)17-31-14-4-6-21(16-31)27(32)28-24-7-3-5-20-15-22(33-2)12-13-23(20)24/h8-13,15,21,24H,3-7,14,16-17H2,1-2H3,(H,28,32). The number of carbonyl (C=O) groups excluding carboxylic acids is 1. The van der Waals surface area contributed by atoms with Crippen molar-refractivity contribution in [3.63, 3.8) is 0 Å². The van der Waals surface area contributed by atoms with Gasteiger partial charge in [0.25, 0.3) is 0 Å². The van der Waals surface area contributed by atoms with Gasteiger partial charge in [0.1, 0.15) is 5.75 Å². The van der Waals surface area contributed by atoms with Crippen LogP contribution in [-0.4, -0.2) is 41.1 Å². The van der Waals surface area contributed by atoms with Crippen LogP contribution in [0.2, 0.25) is 0 Å². The molecule has 7 heteroatoms. The molecule has 34 heavy (non-hydrogen) atoms. The maximum absolute atomic E-state index is 13.2. The van der Waals surface area contributed by atoms with Crippen molar-refractivity contribution in [2.75, 3.05) is 20.2 Å². The number of nitrogens with one attached hydrogen (secondary N) is 1. The number of likely N-dealkylation sites (tertiary alicyclic amines) is 1. The van der Waals surface area contributed by atoms with Gasteiger partial charge >= 0.3 is 0 Å². The fraction of sp³-hybridized carbons (Fsp3) is 0.444. The zero-order chi connectivity index (χ0) is 23.5. The SMILES string of the molecule is COc1ccc2c(c1)CCCC2NC(=O)C1CCCN(Cc2nc(-c3ccc(C)cc3)no2)C1. The van der Waals surface area contributed by atoms with Crippen LogP contribution in [0.15, 0.2) is 47.0 Å². The van der Waals surface area contributed by atoms with Crippen molar-refractivity contribution in [3.8, 4) is 17.1 Å². The van der Waals surface area contributed by atoms with E-state index in [1.165, 1.54) is 16.7 Å². The first-order valence-electron chi connectivity index (χ1n) is 12.2. The summed E-state index contributed by atoms with van der Waals surface area (Å²) >= 11 is 0. The average Bonchev–Trinajstić information content (AvgIpc) is 3.32. The Morgan fingerprint density at radius 2 is 2.03 bits per heavy atom. The van der Waals surface area contributed by atoms with E-state index >= 15 is 0 Å². The lowest BCUT2D eigenvalue weighted by molar-refractivity contribution is -0.127. The van der Waals surface area contributed by atoms with Gasteiger partial charge < -0.3 is 14.6 Å². The number of aryl methyl sites for hydroxylation is 2. The molecule has 1 N–H and O–H groups in total. The monoisotopic (exact) mass is 460 g/mol. The van der Waals surface area contributed by atoms with E-state index in [4.69, 9.17) is 9.26 Å². The smallest absolute Gasteiger partial charge is 0.241 e. The minimum Gasteiger partial charge on any atom is -0.497 e. The van der Waals surface area contributed by atoms with E-state index in [1.54, 1.807) is 7.11 Å². The maximum Gasteiger partial charge on any atom is 0.241 e. The van der Waals surface area contributed by atoms with E-state index in [9.17, 15) is 4.79 Å². The summed E-state index contributed by atoms with van der Waals surface area (Å²) in [6.07, 6.45) is 4.97. The molecule has 7 nitrogen and oxygen atoms in total. The van der Waals surface area contributed by atoms with Crippen molar-refractivity contribution in [1.29, 1.82) is 0 Å². The summed E-state index contributed by atoms with van der Waals surface area (Å²) in [5.41, 5.74) is 4.65. The molecule has 0 radical (unpaired) electrons. The van der Waals surface area contributed by atoms with Crippen LogP contribution in [0.5, 0.6) is 5.75 Å². The number of carbonyl (C=O) groups is 1. The second-order valence-electron chi connectivity index (χ2n) is 9.47. The van der Waals surface area contributed by atoms with E-state index in [0.717, 1.165) is 50.0 Å². The second-order valence-corrected chi connectivity index (χ2v) is 9.47. The molecule has 1 saturated heterocycles. The molecule has 1 aromatic heterocycles. The fourth-order valence-electron chi connectivity index (χ4n) is 5.10.